The largest absolute Gasteiger partial charge is 0.350 e. The van der Waals surface area contributed by atoms with Crippen molar-refractivity contribution in [2.24, 2.45) is 0 Å². The van der Waals surface area contributed by atoms with Crippen LogP contribution in [0.25, 0.3) is 10.8 Å². The van der Waals surface area contributed by atoms with Gasteiger partial charge in [0.2, 0.25) is 21.8 Å². The predicted octanol–water partition coefficient (Wildman–Crippen LogP) is 4.08. The Morgan fingerprint density at radius 2 is 1.58 bits per heavy atom. The lowest BCUT2D eigenvalue weighted by Crippen LogP contribution is -2.54. The lowest BCUT2D eigenvalue weighted by molar-refractivity contribution is -0.140. The van der Waals surface area contributed by atoms with Gasteiger partial charge in [-0.3, -0.25) is 13.9 Å². The molecule has 1 N–H and O–H groups in total. The van der Waals surface area contributed by atoms with E-state index in [2.05, 4.69) is 5.32 Å². The number of amides is 2. The normalized spacial score (nSPS) is 12.7. The molecular formula is C27H32FN3O4S. The molecule has 3 aromatic rings. The summed E-state index contributed by atoms with van der Waals surface area (Å²) in [6.07, 6.45) is 1.04. The highest BCUT2D eigenvalue weighted by atomic mass is 32.2. The van der Waals surface area contributed by atoms with E-state index in [1.54, 1.807) is 31.2 Å². The zero-order chi connectivity index (χ0) is 26.7. The van der Waals surface area contributed by atoms with Crippen molar-refractivity contribution in [2.75, 3.05) is 17.1 Å². The van der Waals surface area contributed by atoms with Crippen LogP contribution in [0.1, 0.15) is 33.3 Å². The van der Waals surface area contributed by atoms with E-state index in [0.29, 0.717) is 16.6 Å². The van der Waals surface area contributed by atoms with Gasteiger partial charge in [-0.2, -0.15) is 0 Å². The van der Waals surface area contributed by atoms with Gasteiger partial charge in [-0.05, 0) is 56.8 Å². The molecule has 2 amide bonds. The van der Waals surface area contributed by atoms with E-state index < -0.39 is 39.9 Å². The second-order valence-electron chi connectivity index (χ2n) is 9.83. The number of nitrogens with zero attached hydrogens (tertiary/aromatic N) is 2. The summed E-state index contributed by atoms with van der Waals surface area (Å²) in [6.45, 7) is 6.58. The van der Waals surface area contributed by atoms with Gasteiger partial charge >= 0.3 is 0 Å². The number of sulfonamides is 1. The van der Waals surface area contributed by atoms with Crippen LogP contribution in [0.4, 0.5) is 10.1 Å². The van der Waals surface area contributed by atoms with Crippen LogP contribution in [0.3, 0.4) is 0 Å². The van der Waals surface area contributed by atoms with Crippen molar-refractivity contribution in [2.45, 2.75) is 45.8 Å². The number of carbonyl (C=O) groups is 2. The first-order valence-electron chi connectivity index (χ1n) is 11.6. The summed E-state index contributed by atoms with van der Waals surface area (Å²) in [5, 5.41) is 4.38. The molecular weight excluding hydrogens is 481 g/mol. The Kier molecular flexibility index (Phi) is 8.03. The first-order valence-corrected chi connectivity index (χ1v) is 13.4. The fourth-order valence-electron chi connectivity index (χ4n) is 3.86. The number of hydrogen-bond donors (Lipinski definition) is 1. The Morgan fingerprint density at radius 1 is 0.972 bits per heavy atom. The maximum atomic E-state index is 13.7. The predicted molar refractivity (Wildman–Crippen MR) is 140 cm³/mol. The van der Waals surface area contributed by atoms with Crippen LogP contribution in [0.15, 0.2) is 66.7 Å². The van der Waals surface area contributed by atoms with Crippen molar-refractivity contribution in [1.29, 1.82) is 0 Å². The van der Waals surface area contributed by atoms with E-state index in [1.807, 2.05) is 39.0 Å². The molecule has 0 aliphatic rings. The SMILES string of the molecule is CC(C(=O)NC(C)(C)C)N(Cc1ccc(F)cc1)C(=O)CN(c1cccc2ccccc12)S(C)(=O)=O. The average Bonchev–Trinajstić information content (AvgIpc) is 2.79. The van der Waals surface area contributed by atoms with Crippen molar-refractivity contribution in [3.05, 3.63) is 78.1 Å². The maximum absolute atomic E-state index is 13.7. The molecule has 3 rings (SSSR count). The first kappa shape index (κ1) is 27.1. The summed E-state index contributed by atoms with van der Waals surface area (Å²) in [4.78, 5) is 28.0. The number of halogens is 1. The van der Waals surface area contributed by atoms with Crippen molar-refractivity contribution in [3.8, 4) is 0 Å². The molecule has 9 heteroatoms. The van der Waals surface area contributed by atoms with Crippen molar-refractivity contribution < 1.29 is 22.4 Å². The molecule has 192 valence electrons. The van der Waals surface area contributed by atoms with Gasteiger partial charge in [-0.25, -0.2) is 12.8 Å². The zero-order valence-electron chi connectivity index (χ0n) is 21.2. The Balaban J connectivity index is 1.99. The minimum atomic E-state index is -3.86. The highest BCUT2D eigenvalue weighted by Gasteiger charge is 2.31. The van der Waals surface area contributed by atoms with Crippen LogP contribution in [0.5, 0.6) is 0 Å². The molecule has 0 fully saturated rings. The number of carbonyl (C=O) groups excluding carboxylic acids is 2. The molecule has 0 radical (unpaired) electrons. The lowest BCUT2D eigenvalue weighted by Gasteiger charge is -2.33. The number of hydrogen-bond acceptors (Lipinski definition) is 4. The number of rotatable bonds is 8. The van der Waals surface area contributed by atoms with Crippen LogP contribution >= 0.6 is 0 Å². The smallest absolute Gasteiger partial charge is 0.244 e. The van der Waals surface area contributed by atoms with Gasteiger partial charge in [0.05, 0.1) is 11.9 Å². The fraction of sp³-hybridized carbons (Fsp3) is 0.333. The molecule has 0 aromatic heterocycles. The average molecular weight is 514 g/mol. The second kappa shape index (κ2) is 10.7. The summed E-state index contributed by atoms with van der Waals surface area (Å²) in [5.74, 6) is -1.36. The Labute approximate surface area is 212 Å². The monoisotopic (exact) mass is 513 g/mol. The highest BCUT2D eigenvalue weighted by Crippen LogP contribution is 2.28. The van der Waals surface area contributed by atoms with E-state index in [1.165, 1.54) is 29.2 Å². The van der Waals surface area contributed by atoms with Crippen LogP contribution in [-0.2, 0) is 26.2 Å². The molecule has 0 aliphatic heterocycles. The summed E-state index contributed by atoms with van der Waals surface area (Å²) < 4.78 is 40.2. The molecule has 3 aromatic carbocycles. The second-order valence-corrected chi connectivity index (χ2v) is 11.7. The third-order valence-electron chi connectivity index (χ3n) is 5.65. The minimum absolute atomic E-state index is 0.00494. The summed E-state index contributed by atoms with van der Waals surface area (Å²) in [6, 6.07) is 17.3. The molecule has 0 saturated heterocycles. The van der Waals surface area contributed by atoms with E-state index >= 15 is 0 Å². The summed E-state index contributed by atoms with van der Waals surface area (Å²) in [7, 11) is -3.86. The topological polar surface area (TPSA) is 86.8 Å². The third-order valence-corrected chi connectivity index (χ3v) is 6.77. The van der Waals surface area contributed by atoms with Gasteiger partial charge in [-0.15, -0.1) is 0 Å². The van der Waals surface area contributed by atoms with Gasteiger partial charge in [0.1, 0.15) is 18.4 Å². The van der Waals surface area contributed by atoms with Crippen LogP contribution in [0.2, 0.25) is 0 Å². The summed E-state index contributed by atoms with van der Waals surface area (Å²) in [5.41, 5.74) is 0.450. The molecule has 36 heavy (non-hydrogen) atoms. The van der Waals surface area contributed by atoms with Crippen LogP contribution in [-0.4, -0.2) is 49.5 Å². The number of nitrogens with one attached hydrogen (secondary N) is 1. The zero-order valence-corrected chi connectivity index (χ0v) is 22.0. The van der Waals surface area contributed by atoms with Crippen molar-refractivity contribution in [1.82, 2.24) is 10.2 Å². The fourth-order valence-corrected chi connectivity index (χ4v) is 4.73. The molecule has 0 heterocycles. The van der Waals surface area contributed by atoms with Crippen molar-refractivity contribution in [3.63, 3.8) is 0 Å². The van der Waals surface area contributed by atoms with E-state index in [9.17, 15) is 22.4 Å². The Hall–Kier alpha value is -3.46. The highest BCUT2D eigenvalue weighted by molar-refractivity contribution is 7.92. The molecule has 0 saturated carbocycles. The van der Waals surface area contributed by atoms with Crippen molar-refractivity contribution >= 4 is 38.3 Å². The van der Waals surface area contributed by atoms with Crippen LogP contribution < -0.4 is 9.62 Å². The van der Waals surface area contributed by atoms with Gasteiger partial charge in [0.25, 0.3) is 0 Å². The van der Waals surface area contributed by atoms with Gasteiger partial charge < -0.3 is 10.2 Å². The Morgan fingerprint density at radius 3 is 2.19 bits per heavy atom. The first-order chi connectivity index (χ1) is 16.8. The standard InChI is InChI=1S/C27H32FN3O4S/c1-19(26(33)29-27(2,3)4)30(17-20-13-15-22(28)16-14-20)25(32)18-31(36(5,34)35)24-12-8-10-21-9-6-7-11-23(21)24/h6-16,19H,17-18H2,1-5H3,(H,29,33). The van der Waals surface area contributed by atoms with E-state index in [4.69, 9.17) is 0 Å². The maximum Gasteiger partial charge on any atom is 0.244 e. The van der Waals surface area contributed by atoms with Gasteiger partial charge in [0, 0.05) is 17.5 Å². The van der Waals surface area contributed by atoms with E-state index in [-0.39, 0.29) is 12.5 Å². The quantitative estimate of drug-likeness (QED) is 0.492. The molecule has 0 aliphatic carbocycles. The molecule has 0 spiro atoms. The number of fused-ring (bicyclic) bond motifs is 1. The van der Waals surface area contributed by atoms with Gasteiger partial charge in [-0.1, -0.05) is 48.5 Å². The molecule has 0 bridgehead atoms. The number of anilines is 1. The van der Waals surface area contributed by atoms with Gasteiger partial charge in [0.15, 0.2) is 0 Å². The summed E-state index contributed by atoms with van der Waals surface area (Å²) >= 11 is 0. The van der Waals surface area contributed by atoms with E-state index in [0.717, 1.165) is 15.9 Å². The third kappa shape index (κ3) is 6.81. The lowest BCUT2D eigenvalue weighted by atomic mass is 10.1. The number of benzene rings is 3. The Bertz CT molecular complexity index is 1350. The molecule has 7 nitrogen and oxygen atoms in total. The van der Waals surface area contributed by atoms with Crippen LogP contribution in [0, 0.1) is 5.82 Å². The molecule has 1 unspecified atom stereocenters. The molecule has 1 atom stereocenters. The minimum Gasteiger partial charge on any atom is -0.350 e.